The molecule has 0 saturated heterocycles. The van der Waals surface area contributed by atoms with Gasteiger partial charge >= 0.3 is 6.18 Å². The van der Waals surface area contributed by atoms with Crippen molar-refractivity contribution in [2.75, 3.05) is 12.3 Å². The quantitative estimate of drug-likeness (QED) is 0.525. The second-order valence-electron chi connectivity index (χ2n) is 5.43. The Morgan fingerprint density at radius 2 is 2.19 bits per heavy atom. The third-order valence-electron chi connectivity index (χ3n) is 3.36. The van der Waals surface area contributed by atoms with Crippen molar-refractivity contribution in [3.8, 4) is 0 Å². The first-order chi connectivity index (χ1) is 12.9. The zero-order valence-corrected chi connectivity index (χ0v) is 15.4. The van der Waals surface area contributed by atoms with Crippen LogP contribution in [0.25, 0.3) is 0 Å². The second-order valence-corrected chi connectivity index (χ2v) is 7.41. The van der Waals surface area contributed by atoms with Gasteiger partial charge in [-0.1, -0.05) is 17.8 Å². The molecule has 0 aliphatic heterocycles. The van der Waals surface area contributed by atoms with Gasteiger partial charge in [0, 0.05) is 4.88 Å². The van der Waals surface area contributed by atoms with Crippen molar-refractivity contribution in [3.05, 3.63) is 46.5 Å². The van der Waals surface area contributed by atoms with Crippen LogP contribution in [0.3, 0.4) is 0 Å². The number of hydrogen-bond donors (Lipinski definition) is 0. The van der Waals surface area contributed by atoms with Crippen molar-refractivity contribution in [1.29, 1.82) is 0 Å². The number of thiophene rings is 1. The van der Waals surface area contributed by atoms with Crippen LogP contribution in [-0.4, -0.2) is 49.5 Å². The van der Waals surface area contributed by atoms with E-state index in [2.05, 4.69) is 15.5 Å². The first-order valence-corrected chi connectivity index (χ1v) is 9.55. The average molecular weight is 417 g/mol. The van der Waals surface area contributed by atoms with Gasteiger partial charge in [-0.3, -0.25) is 4.79 Å². The third kappa shape index (κ3) is 5.82. The number of hydrogen-bond acceptors (Lipinski definition) is 7. The Morgan fingerprint density at radius 3 is 2.85 bits per heavy atom. The molecule has 3 aromatic rings. The number of halogens is 3. The van der Waals surface area contributed by atoms with Gasteiger partial charge in [0.05, 0.1) is 25.1 Å². The summed E-state index contributed by atoms with van der Waals surface area (Å²) in [5.74, 6) is -0.624. The van der Waals surface area contributed by atoms with Crippen molar-refractivity contribution in [1.82, 2.24) is 25.1 Å². The van der Waals surface area contributed by atoms with Crippen LogP contribution in [-0.2, 0) is 17.9 Å². The molecule has 0 fully saturated rings. The monoisotopic (exact) mass is 417 g/mol. The Labute approximate surface area is 160 Å². The summed E-state index contributed by atoms with van der Waals surface area (Å²) < 4.78 is 45.0. The lowest BCUT2D eigenvalue weighted by atomic mass is 10.3. The molecular weight excluding hydrogens is 403 g/mol. The smallest absolute Gasteiger partial charge is 0.406 e. The fourth-order valence-electron chi connectivity index (χ4n) is 2.21. The minimum Gasteiger partial charge on any atom is -0.467 e. The largest absolute Gasteiger partial charge is 0.467 e. The number of furan rings is 1. The van der Waals surface area contributed by atoms with E-state index in [4.69, 9.17) is 4.42 Å². The minimum absolute atomic E-state index is 0.221. The first kappa shape index (κ1) is 19.4. The van der Waals surface area contributed by atoms with Gasteiger partial charge in [0.25, 0.3) is 0 Å². The summed E-state index contributed by atoms with van der Waals surface area (Å²) in [5.41, 5.74) is 0. The summed E-state index contributed by atoms with van der Waals surface area (Å²) in [5, 5.41) is 13.5. The summed E-state index contributed by atoms with van der Waals surface area (Å²) >= 11 is 2.52. The molecule has 12 heteroatoms. The van der Waals surface area contributed by atoms with E-state index in [0.717, 1.165) is 16.6 Å². The van der Waals surface area contributed by atoms with Crippen LogP contribution in [0, 0.1) is 0 Å². The lowest BCUT2D eigenvalue weighted by Crippen LogP contribution is -2.39. The Kier molecular flexibility index (Phi) is 6.16. The Hall–Kier alpha value is -2.34. The highest BCUT2D eigenvalue weighted by molar-refractivity contribution is 7.99. The standard InChI is InChI=1S/C15H14F3N5O2S2/c16-15(17,18)10-22(7-11-3-1-5-25-11)13(24)9-27-14-19-20-21-23(14)8-12-4-2-6-26-12/h1-6H,7-10H2. The fourth-order valence-corrected chi connectivity index (χ4v) is 3.67. The molecule has 1 amide bonds. The van der Waals surface area contributed by atoms with Gasteiger partial charge < -0.3 is 9.32 Å². The zero-order chi connectivity index (χ0) is 19.3. The number of aromatic nitrogens is 4. The van der Waals surface area contributed by atoms with Gasteiger partial charge in [0.15, 0.2) is 0 Å². The van der Waals surface area contributed by atoms with Crippen LogP contribution in [0.4, 0.5) is 13.2 Å². The van der Waals surface area contributed by atoms with E-state index in [9.17, 15) is 18.0 Å². The Morgan fingerprint density at radius 1 is 1.33 bits per heavy atom. The lowest BCUT2D eigenvalue weighted by Gasteiger charge is -2.22. The number of nitrogens with zero attached hydrogens (tertiary/aromatic N) is 5. The van der Waals surface area contributed by atoms with Crippen LogP contribution in [0.2, 0.25) is 0 Å². The van der Waals surface area contributed by atoms with Crippen molar-refractivity contribution in [2.45, 2.75) is 24.4 Å². The Balaban J connectivity index is 1.63. The summed E-state index contributed by atoms with van der Waals surface area (Å²) in [6, 6.07) is 6.88. The number of carbonyl (C=O) groups excluding carboxylic acids is 1. The van der Waals surface area contributed by atoms with Crippen molar-refractivity contribution < 1.29 is 22.4 Å². The number of tetrazole rings is 1. The fraction of sp³-hybridized carbons (Fsp3) is 0.333. The molecule has 7 nitrogen and oxygen atoms in total. The number of amides is 1. The molecule has 0 atom stereocenters. The molecule has 0 aliphatic rings. The normalized spacial score (nSPS) is 11.7. The summed E-state index contributed by atoms with van der Waals surface area (Å²) in [7, 11) is 0. The third-order valence-corrected chi connectivity index (χ3v) is 5.16. The van der Waals surface area contributed by atoms with E-state index in [0.29, 0.717) is 16.6 Å². The molecule has 3 rings (SSSR count). The second kappa shape index (κ2) is 8.57. The van der Waals surface area contributed by atoms with Crippen LogP contribution >= 0.6 is 23.1 Å². The van der Waals surface area contributed by atoms with Crippen LogP contribution in [0.1, 0.15) is 10.6 Å². The molecule has 0 unspecified atom stereocenters. The van der Waals surface area contributed by atoms with Gasteiger partial charge in [-0.25, -0.2) is 4.68 Å². The lowest BCUT2D eigenvalue weighted by molar-refractivity contribution is -0.161. The maximum Gasteiger partial charge on any atom is 0.406 e. The maximum atomic E-state index is 12.8. The number of alkyl halides is 3. The van der Waals surface area contributed by atoms with Crippen molar-refractivity contribution in [3.63, 3.8) is 0 Å². The Bertz CT molecular complexity index is 849. The predicted molar refractivity (Wildman–Crippen MR) is 92.1 cm³/mol. The van der Waals surface area contributed by atoms with E-state index in [1.807, 2.05) is 17.5 Å². The SMILES string of the molecule is O=C(CSc1nnnn1Cc1cccs1)N(Cc1ccco1)CC(F)(F)F. The zero-order valence-electron chi connectivity index (χ0n) is 13.8. The number of rotatable bonds is 8. The van der Waals surface area contributed by atoms with Crippen LogP contribution < -0.4 is 0 Å². The molecule has 144 valence electrons. The number of thioether (sulfide) groups is 1. The van der Waals surface area contributed by atoms with E-state index < -0.39 is 18.6 Å². The topological polar surface area (TPSA) is 77.1 Å². The van der Waals surface area contributed by atoms with Crippen molar-refractivity contribution >= 4 is 29.0 Å². The number of carbonyl (C=O) groups is 1. The summed E-state index contributed by atoms with van der Waals surface area (Å²) in [6.45, 7) is -1.18. The molecular formula is C15H14F3N5O2S2. The van der Waals surface area contributed by atoms with Crippen LogP contribution in [0.15, 0.2) is 45.5 Å². The molecule has 0 spiro atoms. The molecule has 0 saturated carbocycles. The highest BCUT2D eigenvalue weighted by Gasteiger charge is 2.33. The first-order valence-electron chi connectivity index (χ1n) is 7.69. The van der Waals surface area contributed by atoms with E-state index in [-0.39, 0.29) is 18.1 Å². The summed E-state index contributed by atoms with van der Waals surface area (Å²) in [4.78, 5) is 14.1. The highest BCUT2D eigenvalue weighted by Crippen LogP contribution is 2.21. The molecule has 0 aromatic carbocycles. The van der Waals surface area contributed by atoms with E-state index in [1.54, 1.807) is 6.07 Å². The van der Waals surface area contributed by atoms with Gasteiger partial charge in [-0.15, -0.1) is 16.4 Å². The van der Waals surface area contributed by atoms with E-state index >= 15 is 0 Å². The average Bonchev–Trinajstić information content (AvgIpc) is 3.34. The van der Waals surface area contributed by atoms with Gasteiger partial charge in [0.1, 0.15) is 12.3 Å². The molecule has 3 heterocycles. The molecule has 0 bridgehead atoms. The molecule has 0 N–H and O–H groups in total. The summed E-state index contributed by atoms with van der Waals surface area (Å²) in [6.07, 6.45) is -3.16. The highest BCUT2D eigenvalue weighted by atomic mass is 32.2. The maximum absolute atomic E-state index is 12.8. The predicted octanol–water partition coefficient (Wildman–Crippen LogP) is 3.06. The molecule has 3 aromatic heterocycles. The van der Waals surface area contributed by atoms with Crippen LogP contribution in [0.5, 0.6) is 0 Å². The van der Waals surface area contributed by atoms with Gasteiger partial charge in [-0.05, 0) is 34.0 Å². The van der Waals surface area contributed by atoms with Gasteiger partial charge in [0.2, 0.25) is 11.1 Å². The minimum atomic E-state index is -4.51. The molecule has 0 radical (unpaired) electrons. The molecule has 0 aliphatic carbocycles. The van der Waals surface area contributed by atoms with Crippen molar-refractivity contribution in [2.24, 2.45) is 0 Å². The molecule has 27 heavy (non-hydrogen) atoms. The van der Waals surface area contributed by atoms with Gasteiger partial charge in [-0.2, -0.15) is 13.2 Å². The van der Waals surface area contributed by atoms with E-state index in [1.165, 1.54) is 28.3 Å².